The molecule has 3 rings (SSSR count). The van der Waals surface area contributed by atoms with Crippen molar-refractivity contribution in [1.29, 1.82) is 0 Å². The number of ether oxygens (including phenoxy) is 1. The maximum atomic E-state index is 5.29. The summed E-state index contributed by atoms with van der Waals surface area (Å²) in [5.74, 6) is 0.790. The smallest absolute Gasteiger partial charge is 0.145 e. The minimum Gasteiger partial charge on any atom is -0.494 e. The first-order valence-corrected chi connectivity index (χ1v) is 5.41. The van der Waals surface area contributed by atoms with Gasteiger partial charge in [0.25, 0.3) is 0 Å². The molecule has 0 spiro atoms. The molecule has 0 unspecified atom stereocenters. The second-order valence-corrected chi connectivity index (χ2v) is 4.02. The fraction of sp³-hybridized carbons (Fsp3) is 0.333. The summed E-state index contributed by atoms with van der Waals surface area (Å²) in [6.45, 7) is 0. The summed E-state index contributed by atoms with van der Waals surface area (Å²) in [6, 6.07) is 2.56. The lowest BCUT2D eigenvalue weighted by Gasteiger charge is -2.04. The first-order valence-electron chi connectivity index (χ1n) is 5.41. The molecule has 82 valence electrons. The predicted octanol–water partition coefficient (Wildman–Crippen LogP) is 2.29. The van der Waals surface area contributed by atoms with Gasteiger partial charge in [-0.25, -0.2) is 0 Å². The standard InChI is InChI=1S/C12H13N3O/c1-16-12-7-13-5-4-11(12)9-6-14-15(8-9)10-2-3-10/h4-8,10H,2-3H2,1H3. The molecule has 1 aliphatic carbocycles. The summed E-state index contributed by atoms with van der Waals surface area (Å²) >= 11 is 0. The third kappa shape index (κ3) is 1.56. The second kappa shape index (κ2) is 3.63. The second-order valence-electron chi connectivity index (χ2n) is 4.02. The quantitative estimate of drug-likeness (QED) is 0.788. The van der Waals surface area contributed by atoms with Crippen LogP contribution in [0.4, 0.5) is 0 Å². The minimum absolute atomic E-state index is 0.613. The Hall–Kier alpha value is -1.84. The van der Waals surface area contributed by atoms with Gasteiger partial charge in [-0.15, -0.1) is 0 Å². The molecular formula is C12H13N3O. The Kier molecular flexibility index (Phi) is 2.13. The van der Waals surface area contributed by atoms with Crippen molar-refractivity contribution in [1.82, 2.24) is 14.8 Å². The Morgan fingerprint density at radius 2 is 2.25 bits per heavy atom. The maximum Gasteiger partial charge on any atom is 0.145 e. The van der Waals surface area contributed by atoms with Gasteiger partial charge in [-0.3, -0.25) is 9.67 Å². The normalized spacial score (nSPS) is 15.1. The summed E-state index contributed by atoms with van der Waals surface area (Å²) in [5.41, 5.74) is 2.13. The molecule has 0 aromatic carbocycles. The van der Waals surface area contributed by atoms with Gasteiger partial charge in [0.2, 0.25) is 0 Å². The number of hydrogen-bond acceptors (Lipinski definition) is 3. The van der Waals surface area contributed by atoms with Gasteiger partial charge < -0.3 is 4.74 Å². The van der Waals surface area contributed by atoms with Gasteiger partial charge in [0, 0.05) is 23.5 Å². The summed E-state index contributed by atoms with van der Waals surface area (Å²) in [5, 5.41) is 4.37. The molecule has 1 aliphatic rings. The van der Waals surface area contributed by atoms with Crippen molar-refractivity contribution in [3.63, 3.8) is 0 Å². The van der Waals surface area contributed by atoms with E-state index in [0.29, 0.717) is 6.04 Å². The highest BCUT2D eigenvalue weighted by atomic mass is 16.5. The van der Waals surface area contributed by atoms with Crippen LogP contribution >= 0.6 is 0 Å². The van der Waals surface area contributed by atoms with Crippen LogP contribution < -0.4 is 4.74 Å². The molecule has 2 aromatic heterocycles. The Morgan fingerprint density at radius 1 is 1.38 bits per heavy atom. The van der Waals surface area contributed by atoms with Crippen LogP contribution in [-0.4, -0.2) is 21.9 Å². The highest BCUT2D eigenvalue weighted by molar-refractivity contribution is 5.68. The van der Waals surface area contributed by atoms with Crippen LogP contribution in [0.5, 0.6) is 5.75 Å². The van der Waals surface area contributed by atoms with Crippen molar-refractivity contribution >= 4 is 0 Å². The fourth-order valence-electron chi connectivity index (χ4n) is 1.80. The molecule has 0 N–H and O–H groups in total. The predicted molar refractivity (Wildman–Crippen MR) is 60.3 cm³/mol. The zero-order chi connectivity index (χ0) is 11.0. The van der Waals surface area contributed by atoms with E-state index in [9.17, 15) is 0 Å². The molecule has 4 nitrogen and oxygen atoms in total. The molecule has 16 heavy (non-hydrogen) atoms. The van der Waals surface area contributed by atoms with Gasteiger partial charge in [-0.05, 0) is 18.9 Å². The first-order chi connectivity index (χ1) is 7.88. The van der Waals surface area contributed by atoms with E-state index < -0.39 is 0 Å². The van der Waals surface area contributed by atoms with Crippen LogP contribution in [0.2, 0.25) is 0 Å². The van der Waals surface area contributed by atoms with Crippen molar-refractivity contribution in [3.05, 3.63) is 30.9 Å². The van der Waals surface area contributed by atoms with E-state index >= 15 is 0 Å². The summed E-state index contributed by atoms with van der Waals surface area (Å²) in [6.07, 6.45) is 9.95. The molecule has 2 heterocycles. The van der Waals surface area contributed by atoms with Crippen molar-refractivity contribution in [2.75, 3.05) is 7.11 Å². The van der Waals surface area contributed by atoms with Gasteiger partial charge in [-0.2, -0.15) is 5.10 Å². The van der Waals surface area contributed by atoms with Crippen LogP contribution in [0.1, 0.15) is 18.9 Å². The number of pyridine rings is 1. The largest absolute Gasteiger partial charge is 0.494 e. The van der Waals surface area contributed by atoms with Gasteiger partial charge in [0.1, 0.15) is 5.75 Å². The topological polar surface area (TPSA) is 39.9 Å². The zero-order valence-corrected chi connectivity index (χ0v) is 9.13. The molecule has 0 bridgehead atoms. The average molecular weight is 215 g/mol. The van der Waals surface area contributed by atoms with E-state index in [2.05, 4.69) is 16.3 Å². The monoisotopic (exact) mass is 215 g/mol. The SMILES string of the molecule is COc1cnccc1-c1cnn(C2CC2)c1. The Morgan fingerprint density at radius 3 is 3.00 bits per heavy atom. The van der Waals surface area contributed by atoms with Crippen LogP contribution in [0.3, 0.4) is 0 Å². The van der Waals surface area contributed by atoms with Crippen LogP contribution in [-0.2, 0) is 0 Å². The van der Waals surface area contributed by atoms with E-state index in [1.165, 1.54) is 12.8 Å². The molecule has 4 heteroatoms. The summed E-state index contributed by atoms with van der Waals surface area (Å²) in [4.78, 5) is 4.04. The van der Waals surface area contributed by atoms with Crippen LogP contribution in [0, 0.1) is 0 Å². The van der Waals surface area contributed by atoms with E-state index in [0.717, 1.165) is 16.9 Å². The van der Waals surface area contributed by atoms with Gasteiger partial charge in [0.15, 0.2) is 0 Å². The van der Waals surface area contributed by atoms with Gasteiger partial charge in [0.05, 0.1) is 25.5 Å². The fourth-order valence-corrected chi connectivity index (χ4v) is 1.80. The molecule has 0 amide bonds. The third-order valence-electron chi connectivity index (χ3n) is 2.84. The lowest BCUT2D eigenvalue weighted by molar-refractivity contribution is 0.414. The zero-order valence-electron chi connectivity index (χ0n) is 9.13. The Labute approximate surface area is 93.9 Å². The van der Waals surface area contributed by atoms with Gasteiger partial charge in [-0.1, -0.05) is 0 Å². The van der Waals surface area contributed by atoms with E-state index in [-0.39, 0.29) is 0 Å². The number of nitrogens with zero attached hydrogens (tertiary/aromatic N) is 3. The summed E-state index contributed by atoms with van der Waals surface area (Å²) < 4.78 is 7.32. The van der Waals surface area contributed by atoms with E-state index in [4.69, 9.17) is 4.74 Å². The molecule has 1 fully saturated rings. The first kappa shape index (κ1) is 9.39. The molecular weight excluding hydrogens is 202 g/mol. The maximum absolute atomic E-state index is 5.29. The van der Waals surface area contributed by atoms with Crippen molar-refractivity contribution in [2.45, 2.75) is 18.9 Å². The Balaban J connectivity index is 2.00. The third-order valence-corrected chi connectivity index (χ3v) is 2.84. The van der Waals surface area contributed by atoms with Crippen molar-refractivity contribution < 1.29 is 4.74 Å². The Bertz CT molecular complexity index is 502. The number of methoxy groups -OCH3 is 1. The number of rotatable bonds is 3. The molecule has 0 saturated heterocycles. The van der Waals surface area contributed by atoms with E-state index in [1.54, 1.807) is 19.5 Å². The highest BCUT2D eigenvalue weighted by Crippen LogP contribution is 2.36. The molecule has 0 atom stereocenters. The minimum atomic E-state index is 0.613. The van der Waals surface area contributed by atoms with E-state index in [1.807, 2.05) is 16.9 Å². The van der Waals surface area contributed by atoms with Crippen molar-refractivity contribution in [3.8, 4) is 16.9 Å². The number of hydrogen-bond donors (Lipinski definition) is 0. The summed E-state index contributed by atoms with van der Waals surface area (Å²) in [7, 11) is 1.66. The van der Waals surface area contributed by atoms with Crippen LogP contribution in [0.15, 0.2) is 30.9 Å². The average Bonchev–Trinajstić information content (AvgIpc) is 3.07. The van der Waals surface area contributed by atoms with Crippen molar-refractivity contribution in [2.24, 2.45) is 0 Å². The molecule has 1 saturated carbocycles. The van der Waals surface area contributed by atoms with Crippen LogP contribution in [0.25, 0.3) is 11.1 Å². The lowest BCUT2D eigenvalue weighted by atomic mass is 10.1. The van der Waals surface area contributed by atoms with Gasteiger partial charge >= 0.3 is 0 Å². The lowest BCUT2D eigenvalue weighted by Crippen LogP contribution is -1.92. The molecule has 0 aliphatic heterocycles. The molecule has 2 aromatic rings. The number of aromatic nitrogens is 3. The highest BCUT2D eigenvalue weighted by Gasteiger charge is 2.24. The molecule has 0 radical (unpaired) electrons.